The lowest BCUT2D eigenvalue weighted by Gasteiger charge is -2.12. The standard InChI is InChI=1S/C17H19NO6/c1-10-12(17(20)21)7-11(24-10)9-18-16(19)8-13-14(22-2)5-4-6-15(13)23-3/h4-7H,8-9H2,1-3H3,(H,18,19)(H,20,21). The van der Waals surface area contributed by atoms with Crippen LogP contribution in [0, 0.1) is 6.92 Å². The molecule has 0 aliphatic rings. The van der Waals surface area contributed by atoms with Crippen molar-refractivity contribution >= 4 is 11.9 Å². The van der Waals surface area contributed by atoms with Gasteiger partial charge in [-0.05, 0) is 25.1 Å². The van der Waals surface area contributed by atoms with Crippen LogP contribution in [0.5, 0.6) is 11.5 Å². The van der Waals surface area contributed by atoms with E-state index in [-0.39, 0.29) is 24.4 Å². The van der Waals surface area contributed by atoms with Crippen molar-refractivity contribution in [2.75, 3.05) is 14.2 Å². The second-order valence-electron chi connectivity index (χ2n) is 5.08. The SMILES string of the molecule is COc1cccc(OC)c1CC(=O)NCc1cc(C(=O)O)c(C)o1. The van der Waals surface area contributed by atoms with E-state index < -0.39 is 5.97 Å². The lowest BCUT2D eigenvalue weighted by molar-refractivity contribution is -0.120. The van der Waals surface area contributed by atoms with Gasteiger partial charge in [-0.3, -0.25) is 4.79 Å². The van der Waals surface area contributed by atoms with Crippen LogP contribution >= 0.6 is 0 Å². The fourth-order valence-corrected chi connectivity index (χ4v) is 2.35. The Bertz CT molecular complexity index is 727. The fraction of sp³-hybridized carbons (Fsp3) is 0.294. The van der Waals surface area contributed by atoms with Gasteiger partial charge < -0.3 is 24.3 Å². The number of rotatable bonds is 7. The molecule has 1 heterocycles. The Morgan fingerprint density at radius 1 is 1.21 bits per heavy atom. The van der Waals surface area contributed by atoms with Crippen LogP contribution in [0.15, 0.2) is 28.7 Å². The quantitative estimate of drug-likeness (QED) is 0.806. The Morgan fingerprint density at radius 3 is 2.33 bits per heavy atom. The number of furan rings is 1. The highest BCUT2D eigenvalue weighted by Crippen LogP contribution is 2.28. The van der Waals surface area contributed by atoms with E-state index in [2.05, 4.69) is 5.32 Å². The molecular weight excluding hydrogens is 314 g/mol. The summed E-state index contributed by atoms with van der Waals surface area (Å²) in [5, 5.41) is 11.7. The zero-order chi connectivity index (χ0) is 17.7. The highest BCUT2D eigenvalue weighted by atomic mass is 16.5. The van der Waals surface area contributed by atoms with Crippen molar-refractivity contribution in [3.8, 4) is 11.5 Å². The minimum Gasteiger partial charge on any atom is -0.496 e. The second-order valence-corrected chi connectivity index (χ2v) is 5.08. The average Bonchev–Trinajstić information content (AvgIpc) is 2.94. The first kappa shape index (κ1) is 17.4. The molecule has 0 bridgehead atoms. The van der Waals surface area contributed by atoms with E-state index in [0.717, 1.165) is 0 Å². The smallest absolute Gasteiger partial charge is 0.339 e. The summed E-state index contributed by atoms with van der Waals surface area (Å²) in [7, 11) is 3.05. The maximum absolute atomic E-state index is 12.2. The van der Waals surface area contributed by atoms with E-state index in [1.807, 2.05) is 0 Å². The largest absolute Gasteiger partial charge is 0.496 e. The molecule has 0 unspecified atom stereocenters. The number of carboxylic acid groups (broad SMARTS) is 1. The minimum atomic E-state index is -1.06. The van der Waals surface area contributed by atoms with Crippen molar-refractivity contribution in [3.63, 3.8) is 0 Å². The Labute approximate surface area is 139 Å². The summed E-state index contributed by atoms with van der Waals surface area (Å²) in [6.45, 7) is 1.67. The van der Waals surface area contributed by atoms with Gasteiger partial charge in [-0.25, -0.2) is 4.79 Å². The Morgan fingerprint density at radius 2 is 1.83 bits per heavy atom. The average molecular weight is 333 g/mol. The number of amides is 1. The third kappa shape index (κ3) is 3.87. The predicted molar refractivity (Wildman–Crippen MR) is 85.5 cm³/mol. The maximum atomic E-state index is 12.2. The van der Waals surface area contributed by atoms with E-state index in [4.69, 9.17) is 19.0 Å². The lowest BCUT2D eigenvalue weighted by Crippen LogP contribution is -2.24. The van der Waals surface area contributed by atoms with Crippen LogP contribution in [0.25, 0.3) is 0 Å². The van der Waals surface area contributed by atoms with Gasteiger partial charge in [0.15, 0.2) is 0 Å². The zero-order valence-corrected chi connectivity index (χ0v) is 13.7. The first-order chi connectivity index (χ1) is 11.5. The zero-order valence-electron chi connectivity index (χ0n) is 13.7. The molecule has 1 amide bonds. The third-order valence-electron chi connectivity index (χ3n) is 3.53. The summed E-state index contributed by atoms with van der Waals surface area (Å²) in [5.74, 6) is 0.484. The summed E-state index contributed by atoms with van der Waals surface area (Å²) in [4.78, 5) is 23.1. The number of methoxy groups -OCH3 is 2. The summed E-state index contributed by atoms with van der Waals surface area (Å²) >= 11 is 0. The molecule has 1 aromatic carbocycles. The summed E-state index contributed by atoms with van der Waals surface area (Å²) in [5.41, 5.74) is 0.729. The molecule has 128 valence electrons. The van der Waals surface area contributed by atoms with E-state index >= 15 is 0 Å². The van der Waals surface area contributed by atoms with Crippen LogP contribution < -0.4 is 14.8 Å². The maximum Gasteiger partial charge on any atom is 0.339 e. The van der Waals surface area contributed by atoms with Crippen LogP contribution in [0.3, 0.4) is 0 Å². The molecule has 1 aromatic heterocycles. The van der Waals surface area contributed by atoms with Crippen LogP contribution in [0.2, 0.25) is 0 Å². The molecule has 0 aliphatic carbocycles. The summed E-state index contributed by atoms with van der Waals surface area (Å²) < 4.78 is 15.8. The first-order valence-electron chi connectivity index (χ1n) is 7.25. The van der Waals surface area contributed by atoms with Gasteiger partial charge in [-0.15, -0.1) is 0 Å². The third-order valence-corrected chi connectivity index (χ3v) is 3.53. The number of nitrogens with one attached hydrogen (secondary N) is 1. The van der Waals surface area contributed by atoms with Crippen LogP contribution in [0.4, 0.5) is 0 Å². The number of carbonyl (C=O) groups excluding carboxylic acids is 1. The van der Waals surface area contributed by atoms with Crippen molar-refractivity contribution in [1.82, 2.24) is 5.32 Å². The molecule has 0 saturated carbocycles. The number of aryl methyl sites for hydroxylation is 1. The van der Waals surface area contributed by atoms with Gasteiger partial charge in [0, 0.05) is 5.56 Å². The normalized spacial score (nSPS) is 10.3. The topological polar surface area (TPSA) is 98.0 Å². The second kappa shape index (κ2) is 7.54. The monoisotopic (exact) mass is 333 g/mol. The van der Waals surface area contributed by atoms with Gasteiger partial charge in [-0.1, -0.05) is 6.07 Å². The highest BCUT2D eigenvalue weighted by Gasteiger charge is 2.16. The highest BCUT2D eigenvalue weighted by molar-refractivity contribution is 5.88. The minimum absolute atomic E-state index is 0.0681. The van der Waals surface area contributed by atoms with Crippen molar-refractivity contribution in [1.29, 1.82) is 0 Å². The van der Waals surface area contributed by atoms with E-state index in [1.165, 1.54) is 20.3 Å². The Kier molecular flexibility index (Phi) is 5.47. The number of aromatic carboxylic acids is 1. The van der Waals surface area contributed by atoms with Gasteiger partial charge in [0.05, 0.1) is 27.2 Å². The molecule has 2 N–H and O–H groups in total. The summed E-state index contributed by atoms with van der Waals surface area (Å²) in [6.07, 6.45) is 0.0681. The lowest BCUT2D eigenvalue weighted by atomic mass is 10.1. The first-order valence-corrected chi connectivity index (χ1v) is 7.25. The molecule has 2 rings (SSSR count). The number of carboxylic acids is 1. The van der Waals surface area contributed by atoms with Crippen molar-refractivity contribution in [3.05, 3.63) is 46.9 Å². The van der Waals surface area contributed by atoms with Crippen LogP contribution in [-0.4, -0.2) is 31.2 Å². The van der Waals surface area contributed by atoms with Gasteiger partial charge in [-0.2, -0.15) is 0 Å². The summed E-state index contributed by atoms with van der Waals surface area (Å²) in [6, 6.07) is 6.68. The fourth-order valence-electron chi connectivity index (χ4n) is 2.35. The Balaban J connectivity index is 2.04. The van der Waals surface area contributed by atoms with Crippen molar-refractivity contribution < 1.29 is 28.6 Å². The molecule has 0 atom stereocenters. The molecule has 0 aliphatic heterocycles. The van der Waals surface area contributed by atoms with Crippen molar-refractivity contribution in [2.45, 2.75) is 19.9 Å². The molecule has 2 aromatic rings. The number of ether oxygens (including phenoxy) is 2. The van der Waals surface area contributed by atoms with Crippen molar-refractivity contribution in [2.24, 2.45) is 0 Å². The molecule has 0 radical (unpaired) electrons. The predicted octanol–water partition coefficient (Wildman–Crippen LogP) is 2.16. The van der Waals surface area contributed by atoms with Gasteiger partial charge in [0.25, 0.3) is 0 Å². The number of carbonyl (C=O) groups is 2. The van der Waals surface area contributed by atoms with Gasteiger partial charge in [0.1, 0.15) is 28.6 Å². The van der Waals surface area contributed by atoms with Gasteiger partial charge >= 0.3 is 5.97 Å². The van der Waals surface area contributed by atoms with Crippen LogP contribution in [-0.2, 0) is 17.8 Å². The van der Waals surface area contributed by atoms with E-state index in [1.54, 1.807) is 25.1 Å². The number of benzene rings is 1. The van der Waals surface area contributed by atoms with Gasteiger partial charge in [0.2, 0.25) is 5.91 Å². The molecule has 0 fully saturated rings. The van der Waals surface area contributed by atoms with E-state index in [9.17, 15) is 9.59 Å². The molecule has 7 heteroatoms. The van der Waals surface area contributed by atoms with E-state index in [0.29, 0.717) is 28.6 Å². The van der Waals surface area contributed by atoms with Crippen LogP contribution in [0.1, 0.15) is 27.4 Å². The number of hydrogen-bond acceptors (Lipinski definition) is 5. The number of hydrogen-bond donors (Lipinski definition) is 2. The molecule has 0 spiro atoms. The molecule has 7 nitrogen and oxygen atoms in total. The molecular formula is C17H19NO6. The molecule has 0 saturated heterocycles. The Hall–Kier alpha value is -2.96. The molecule has 24 heavy (non-hydrogen) atoms.